The van der Waals surface area contributed by atoms with Gasteiger partial charge < -0.3 is 10.6 Å². The quantitative estimate of drug-likeness (QED) is 0.878. The molecule has 2 amide bonds. The second-order valence-electron chi connectivity index (χ2n) is 5.85. The van der Waals surface area contributed by atoms with E-state index in [1.165, 1.54) is 5.56 Å². The first-order chi connectivity index (χ1) is 10.1. The first kappa shape index (κ1) is 14.6. The number of hydrogen-bond acceptors (Lipinski definition) is 2. The van der Waals surface area contributed by atoms with Crippen molar-refractivity contribution in [1.82, 2.24) is 10.6 Å². The van der Waals surface area contributed by atoms with Crippen LogP contribution in [-0.4, -0.2) is 24.4 Å². The molecule has 4 nitrogen and oxygen atoms in total. The van der Waals surface area contributed by atoms with Gasteiger partial charge in [-0.2, -0.15) is 0 Å². The molecule has 1 aromatic rings. The highest BCUT2D eigenvalue weighted by atomic mass is 79.9. The molecular formula is C16H19BrN2O2. The largest absolute Gasteiger partial charge is 0.354 e. The fourth-order valence-electron chi connectivity index (χ4n) is 2.95. The fourth-order valence-corrected chi connectivity index (χ4v) is 3.36. The van der Waals surface area contributed by atoms with Gasteiger partial charge in [0.15, 0.2) is 0 Å². The molecule has 0 radical (unpaired) electrons. The third-order valence-electron chi connectivity index (χ3n) is 4.26. The van der Waals surface area contributed by atoms with Gasteiger partial charge in [-0.05, 0) is 49.3 Å². The van der Waals surface area contributed by atoms with Crippen LogP contribution in [0.1, 0.15) is 37.2 Å². The molecule has 21 heavy (non-hydrogen) atoms. The van der Waals surface area contributed by atoms with E-state index in [0.29, 0.717) is 0 Å². The number of benzene rings is 1. The standard InChI is InChI=1S/C16H19BrN2O2/c17-11-5-3-4-10(8-11)12-9-13(12)15(20)19-14-6-1-2-7-18-16(14)21/h3-5,8,12-14H,1-2,6-7,9H2,(H,18,21)(H,19,20)/t12-,13+,14+/m1/s1. The Bertz CT molecular complexity index is 561. The second kappa shape index (κ2) is 6.18. The number of rotatable bonds is 3. The van der Waals surface area contributed by atoms with Crippen molar-refractivity contribution in [1.29, 1.82) is 0 Å². The normalized spacial score (nSPS) is 28.4. The molecule has 112 valence electrons. The monoisotopic (exact) mass is 350 g/mol. The van der Waals surface area contributed by atoms with Gasteiger partial charge in [0, 0.05) is 16.9 Å². The Labute approximate surface area is 132 Å². The van der Waals surface area contributed by atoms with Crippen molar-refractivity contribution in [2.45, 2.75) is 37.6 Å². The van der Waals surface area contributed by atoms with E-state index in [9.17, 15) is 9.59 Å². The van der Waals surface area contributed by atoms with E-state index in [4.69, 9.17) is 0 Å². The third-order valence-corrected chi connectivity index (χ3v) is 4.75. The van der Waals surface area contributed by atoms with Crippen molar-refractivity contribution in [3.63, 3.8) is 0 Å². The van der Waals surface area contributed by atoms with Crippen LogP contribution in [0.4, 0.5) is 0 Å². The maximum Gasteiger partial charge on any atom is 0.242 e. The van der Waals surface area contributed by atoms with Gasteiger partial charge in [-0.1, -0.05) is 28.1 Å². The van der Waals surface area contributed by atoms with Gasteiger partial charge in [-0.3, -0.25) is 9.59 Å². The van der Waals surface area contributed by atoms with Gasteiger partial charge in [0.25, 0.3) is 0 Å². The summed E-state index contributed by atoms with van der Waals surface area (Å²) < 4.78 is 1.04. The van der Waals surface area contributed by atoms with E-state index in [-0.39, 0.29) is 29.7 Å². The van der Waals surface area contributed by atoms with Crippen molar-refractivity contribution in [3.05, 3.63) is 34.3 Å². The van der Waals surface area contributed by atoms with Crippen molar-refractivity contribution in [2.75, 3.05) is 6.54 Å². The molecule has 0 unspecified atom stereocenters. The number of carbonyl (C=O) groups is 2. The highest BCUT2D eigenvalue weighted by Crippen LogP contribution is 2.48. The van der Waals surface area contributed by atoms with Gasteiger partial charge in [-0.15, -0.1) is 0 Å². The van der Waals surface area contributed by atoms with Crippen LogP contribution in [0.3, 0.4) is 0 Å². The van der Waals surface area contributed by atoms with Crippen LogP contribution in [0, 0.1) is 5.92 Å². The zero-order valence-electron chi connectivity index (χ0n) is 11.8. The van der Waals surface area contributed by atoms with Crippen LogP contribution in [-0.2, 0) is 9.59 Å². The van der Waals surface area contributed by atoms with Crippen LogP contribution in [0.5, 0.6) is 0 Å². The number of carbonyl (C=O) groups excluding carboxylic acids is 2. The predicted molar refractivity (Wildman–Crippen MR) is 83.8 cm³/mol. The van der Waals surface area contributed by atoms with E-state index in [1.807, 2.05) is 12.1 Å². The molecule has 2 N–H and O–H groups in total. The summed E-state index contributed by atoms with van der Waals surface area (Å²) in [6, 6.07) is 7.74. The molecule has 1 saturated heterocycles. The van der Waals surface area contributed by atoms with Gasteiger partial charge >= 0.3 is 0 Å². The van der Waals surface area contributed by atoms with Crippen LogP contribution in [0.25, 0.3) is 0 Å². The van der Waals surface area contributed by atoms with E-state index >= 15 is 0 Å². The van der Waals surface area contributed by atoms with Crippen LogP contribution in [0.15, 0.2) is 28.7 Å². The maximum atomic E-state index is 12.3. The molecular weight excluding hydrogens is 332 g/mol. The molecule has 1 saturated carbocycles. The highest BCUT2D eigenvalue weighted by Gasteiger charge is 2.44. The molecule has 1 heterocycles. The van der Waals surface area contributed by atoms with E-state index in [0.717, 1.165) is 36.7 Å². The lowest BCUT2D eigenvalue weighted by molar-refractivity contribution is -0.129. The summed E-state index contributed by atoms with van der Waals surface area (Å²) in [4.78, 5) is 24.2. The maximum absolute atomic E-state index is 12.3. The lowest BCUT2D eigenvalue weighted by atomic mass is 10.1. The smallest absolute Gasteiger partial charge is 0.242 e. The van der Waals surface area contributed by atoms with Crippen LogP contribution >= 0.6 is 15.9 Å². The molecule has 3 rings (SSSR count). The molecule has 3 atom stereocenters. The summed E-state index contributed by atoms with van der Waals surface area (Å²) in [7, 11) is 0. The minimum atomic E-state index is -0.358. The summed E-state index contributed by atoms with van der Waals surface area (Å²) in [5.74, 6) is 0.272. The SMILES string of the molecule is O=C1NCCCC[C@@H]1NC(=O)[C@H]1C[C@@H]1c1cccc(Br)c1. The van der Waals surface area contributed by atoms with E-state index < -0.39 is 0 Å². The Morgan fingerprint density at radius 2 is 2.19 bits per heavy atom. The number of nitrogens with one attached hydrogen (secondary N) is 2. The summed E-state index contributed by atoms with van der Waals surface area (Å²) in [6.07, 6.45) is 3.58. The van der Waals surface area contributed by atoms with Crippen molar-refractivity contribution >= 4 is 27.7 Å². The average molecular weight is 351 g/mol. The van der Waals surface area contributed by atoms with Crippen molar-refractivity contribution in [2.24, 2.45) is 5.92 Å². The molecule has 2 aliphatic rings. The Balaban J connectivity index is 1.58. The lowest BCUT2D eigenvalue weighted by Crippen LogP contribution is -2.46. The summed E-state index contributed by atoms with van der Waals surface area (Å²) in [5, 5.41) is 5.77. The molecule has 1 aliphatic heterocycles. The Kier molecular flexibility index (Phi) is 4.29. The number of amides is 2. The number of hydrogen-bond donors (Lipinski definition) is 2. The first-order valence-corrected chi connectivity index (χ1v) is 8.28. The molecule has 0 spiro atoms. The van der Waals surface area contributed by atoms with E-state index in [1.54, 1.807) is 0 Å². The van der Waals surface area contributed by atoms with Crippen molar-refractivity contribution in [3.8, 4) is 0 Å². The summed E-state index contributed by atoms with van der Waals surface area (Å²) in [6.45, 7) is 0.718. The molecule has 1 aliphatic carbocycles. The fraction of sp³-hybridized carbons (Fsp3) is 0.500. The molecule has 0 aromatic heterocycles. The summed E-state index contributed by atoms with van der Waals surface area (Å²) >= 11 is 3.46. The van der Waals surface area contributed by atoms with Gasteiger partial charge in [-0.25, -0.2) is 0 Å². The van der Waals surface area contributed by atoms with E-state index in [2.05, 4.69) is 38.7 Å². The van der Waals surface area contributed by atoms with Crippen molar-refractivity contribution < 1.29 is 9.59 Å². The molecule has 1 aromatic carbocycles. The zero-order chi connectivity index (χ0) is 14.8. The number of halogens is 1. The second-order valence-corrected chi connectivity index (χ2v) is 6.77. The third kappa shape index (κ3) is 3.46. The highest BCUT2D eigenvalue weighted by molar-refractivity contribution is 9.10. The Morgan fingerprint density at radius 1 is 1.33 bits per heavy atom. The molecule has 0 bridgehead atoms. The molecule has 2 fully saturated rings. The van der Waals surface area contributed by atoms with Crippen LogP contribution in [0.2, 0.25) is 0 Å². The lowest BCUT2D eigenvalue weighted by Gasteiger charge is -2.15. The first-order valence-electron chi connectivity index (χ1n) is 7.48. The average Bonchev–Trinajstić information content (AvgIpc) is 3.26. The van der Waals surface area contributed by atoms with Gasteiger partial charge in [0.1, 0.15) is 6.04 Å². The van der Waals surface area contributed by atoms with Gasteiger partial charge in [0.2, 0.25) is 11.8 Å². The summed E-state index contributed by atoms with van der Waals surface area (Å²) in [5.41, 5.74) is 1.19. The Hall–Kier alpha value is -1.36. The Morgan fingerprint density at radius 3 is 3.00 bits per heavy atom. The minimum Gasteiger partial charge on any atom is -0.354 e. The van der Waals surface area contributed by atoms with Gasteiger partial charge in [0.05, 0.1) is 0 Å². The topological polar surface area (TPSA) is 58.2 Å². The minimum absolute atomic E-state index is 0.00959. The predicted octanol–water partition coefficient (Wildman–Crippen LogP) is 2.34. The van der Waals surface area contributed by atoms with Crippen LogP contribution < -0.4 is 10.6 Å². The molecule has 5 heteroatoms. The zero-order valence-corrected chi connectivity index (χ0v) is 13.4.